The van der Waals surface area contributed by atoms with E-state index in [1.807, 2.05) is 42.5 Å². The molecular weight excluding hydrogens is 224 g/mol. The first-order chi connectivity index (χ1) is 8.83. The molecule has 18 heavy (non-hydrogen) atoms. The van der Waals surface area contributed by atoms with Gasteiger partial charge in [0, 0.05) is 11.6 Å². The molecule has 0 bridgehead atoms. The monoisotopic (exact) mass is 236 g/mol. The molecule has 2 aromatic heterocycles. The van der Waals surface area contributed by atoms with E-state index >= 15 is 0 Å². The van der Waals surface area contributed by atoms with Crippen molar-refractivity contribution in [2.45, 2.75) is 0 Å². The topological polar surface area (TPSA) is 63.8 Å². The van der Waals surface area contributed by atoms with Crippen molar-refractivity contribution in [2.75, 3.05) is 11.1 Å². The fourth-order valence-electron chi connectivity index (χ4n) is 1.86. The van der Waals surface area contributed by atoms with Gasteiger partial charge in [-0.25, -0.2) is 4.98 Å². The minimum atomic E-state index is 0.494. The first-order valence-corrected chi connectivity index (χ1v) is 5.66. The predicted octanol–water partition coefficient (Wildman–Crippen LogP) is 2.96. The molecule has 1 aromatic carbocycles. The Kier molecular flexibility index (Phi) is 2.53. The van der Waals surface area contributed by atoms with Crippen LogP contribution in [0.5, 0.6) is 0 Å². The van der Waals surface area contributed by atoms with Crippen molar-refractivity contribution in [1.29, 1.82) is 0 Å². The van der Waals surface area contributed by atoms with E-state index in [4.69, 9.17) is 5.73 Å². The van der Waals surface area contributed by atoms with Crippen LogP contribution >= 0.6 is 0 Å². The molecule has 0 aliphatic carbocycles. The summed E-state index contributed by atoms with van der Waals surface area (Å²) in [4.78, 5) is 8.59. The SMILES string of the molecule is Nc1cccc(Nc2cccc3cccnc23)n1. The van der Waals surface area contributed by atoms with Crippen LogP contribution in [-0.2, 0) is 0 Å². The van der Waals surface area contributed by atoms with Crippen LogP contribution < -0.4 is 11.1 Å². The number of nitrogens with one attached hydrogen (secondary N) is 1. The molecule has 3 rings (SSSR count). The predicted molar refractivity (Wildman–Crippen MR) is 73.7 cm³/mol. The van der Waals surface area contributed by atoms with Gasteiger partial charge in [0.15, 0.2) is 0 Å². The highest BCUT2D eigenvalue weighted by atomic mass is 15.0. The highest BCUT2D eigenvalue weighted by Crippen LogP contribution is 2.23. The van der Waals surface area contributed by atoms with Crippen molar-refractivity contribution in [3.8, 4) is 0 Å². The number of nitrogens with two attached hydrogens (primary N) is 1. The van der Waals surface area contributed by atoms with Crippen LogP contribution in [0, 0.1) is 0 Å². The van der Waals surface area contributed by atoms with Gasteiger partial charge in [0.1, 0.15) is 11.6 Å². The van der Waals surface area contributed by atoms with Gasteiger partial charge in [0.2, 0.25) is 0 Å². The average Bonchev–Trinajstić information content (AvgIpc) is 2.39. The summed E-state index contributed by atoms with van der Waals surface area (Å²) in [5.41, 5.74) is 7.50. The fraction of sp³-hybridized carbons (Fsp3) is 0. The third-order valence-corrected chi connectivity index (χ3v) is 2.67. The Morgan fingerprint density at radius 1 is 0.944 bits per heavy atom. The van der Waals surface area contributed by atoms with E-state index in [9.17, 15) is 0 Å². The molecule has 0 fully saturated rings. The molecule has 0 unspecified atom stereocenters. The normalized spacial score (nSPS) is 10.4. The lowest BCUT2D eigenvalue weighted by Crippen LogP contribution is -1.97. The van der Waals surface area contributed by atoms with Gasteiger partial charge in [-0.15, -0.1) is 0 Å². The highest BCUT2D eigenvalue weighted by Gasteiger charge is 2.02. The minimum Gasteiger partial charge on any atom is -0.384 e. The van der Waals surface area contributed by atoms with Crippen molar-refractivity contribution in [2.24, 2.45) is 0 Å². The summed E-state index contributed by atoms with van der Waals surface area (Å²) in [5, 5.41) is 4.32. The largest absolute Gasteiger partial charge is 0.384 e. The Hall–Kier alpha value is -2.62. The van der Waals surface area contributed by atoms with Crippen LogP contribution in [0.15, 0.2) is 54.7 Å². The summed E-state index contributed by atoms with van der Waals surface area (Å²) in [6, 6.07) is 15.4. The summed E-state index contributed by atoms with van der Waals surface area (Å²) in [7, 11) is 0. The number of hydrogen-bond acceptors (Lipinski definition) is 4. The maximum Gasteiger partial charge on any atom is 0.132 e. The molecule has 0 radical (unpaired) electrons. The van der Waals surface area contributed by atoms with Crippen molar-refractivity contribution in [1.82, 2.24) is 9.97 Å². The Morgan fingerprint density at radius 3 is 2.67 bits per heavy atom. The zero-order chi connectivity index (χ0) is 12.4. The molecule has 3 N–H and O–H groups in total. The summed E-state index contributed by atoms with van der Waals surface area (Å²) in [5.74, 6) is 1.21. The second-order valence-electron chi connectivity index (χ2n) is 3.95. The number of rotatable bonds is 2. The van der Waals surface area contributed by atoms with E-state index in [-0.39, 0.29) is 0 Å². The number of nitrogen functional groups attached to an aromatic ring is 1. The lowest BCUT2D eigenvalue weighted by atomic mass is 10.2. The lowest BCUT2D eigenvalue weighted by Gasteiger charge is -2.08. The summed E-state index contributed by atoms with van der Waals surface area (Å²) >= 11 is 0. The van der Waals surface area contributed by atoms with Gasteiger partial charge in [-0.1, -0.05) is 24.3 Å². The molecule has 4 nitrogen and oxygen atoms in total. The van der Waals surface area contributed by atoms with Crippen LogP contribution in [-0.4, -0.2) is 9.97 Å². The van der Waals surface area contributed by atoms with Crippen molar-refractivity contribution in [3.63, 3.8) is 0 Å². The maximum absolute atomic E-state index is 5.66. The van der Waals surface area contributed by atoms with Gasteiger partial charge < -0.3 is 11.1 Å². The number of anilines is 3. The van der Waals surface area contributed by atoms with Crippen molar-refractivity contribution in [3.05, 3.63) is 54.7 Å². The minimum absolute atomic E-state index is 0.494. The molecular formula is C14H12N4. The van der Waals surface area contributed by atoms with E-state index in [2.05, 4.69) is 15.3 Å². The average molecular weight is 236 g/mol. The van der Waals surface area contributed by atoms with E-state index in [0.29, 0.717) is 11.6 Å². The lowest BCUT2D eigenvalue weighted by molar-refractivity contribution is 1.31. The summed E-state index contributed by atoms with van der Waals surface area (Å²) in [6.45, 7) is 0. The van der Waals surface area contributed by atoms with Gasteiger partial charge in [0.05, 0.1) is 11.2 Å². The Balaban J connectivity index is 2.05. The van der Waals surface area contributed by atoms with Gasteiger partial charge in [0.25, 0.3) is 0 Å². The zero-order valence-electron chi connectivity index (χ0n) is 9.67. The third kappa shape index (κ3) is 1.96. The molecule has 0 amide bonds. The fourth-order valence-corrected chi connectivity index (χ4v) is 1.86. The molecule has 0 saturated heterocycles. The number of benzene rings is 1. The van der Waals surface area contributed by atoms with E-state index in [1.165, 1.54) is 0 Å². The number of para-hydroxylation sites is 1. The molecule has 88 valence electrons. The first-order valence-electron chi connectivity index (χ1n) is 5.66. The molecule has 3 aromatic rings. The molecule has 2 heterocycles. The third-order valence-electron chi connectivity index (χ3n) is 2.67. The molecule has 0 atom stereocenters. The summed E-state index contributed by atoms with van der Waals surface area (Å²) in [6.07, 6.45) is 1.78. The number of hydrogen-bond donors (Lipinski definition) is 2. The van der Waals surface area contributed by atoms with Gasteiger partial charge in [-0.05, 0) is 24.3 Å². The second-order valence-corrected chi connectivity index (χ2v) is 3.95. The number of nitrogens with zero attached hydrogens (tertiary/aromatic N) is 2. The first kappa shape index (κ1) is 10.5. The van der Waals surface area contributed by atoms with Crippen LogP contribution in [0.4, 0.5) is 17.3 Å². The highest BCUT2D eigenvalue weighted by molar-refractivity contribution is 5.91. The van der Waals surface area contributed by atoms with Crippen LogP contribution in [0.3, 0.4) is 0 Å². The van der Waals surface area contributed by atoms with Crippen molar-refractivity contribution >= 4 is 28.2 Å². The Bertz CT molecular complexity index is 689. The summed E-state index contributed by atoms with van der Waals surface area (Å²) < 4.78 is 0. The van der Waals surface area contributed by atoms with Crippen LogP contribution in [0.1, 0.15) is 0 Å². The van der Waals surface area contributed by atoms with E-state index in [0.717, 1.165) is 16.6 Å². The second kappa shape index (κ2) is 4.33. The Labute approximate surface area is 104 Å². The zero-order valence-corrected chi connectivity index (χ0v) is 9.67. The standard InChI is InChI=1S/C14H12N4/c15-12-7-2-8-13(18-12)17-11-6-1-4-10-5-3-9-16-14(10)11/h1-9H,(H3,15,17,18). The smallest absolute Gasteiger partial charge is 0.132 e. The van der Waals surface area contributed by atoms with E-state index < -0.39 is 0 Å². The number of pyridine rings is 2. The number of aromatic nitrogens is 2. The quantitative estimate of drug-likeness (QED) is 0.718. The Morgan fingerprint density at radius 2 is 1.78 bits per heavy atom. The van der Waals surface area contributed by atoms with Gasteiger partial charge in [-0.3, -0.25) is 4.98 Å². The van der Waals surface area contributed by atoms with Crippen LogP contribution in [0.25, 0.3) is 10.9 Å². The van der Waals surface area contributed by atoms with Gasteiger partial charge >= 0.3 is 0 Å². The molecule has 4 heteroatoms. The van der Waals surface area contributed by atoms with Crippen molar-refractivity contribution < 1.29 is 0 Å². The maximum atomic E-state index is 5.66. The molecule has 0 aliphatic rings. The number of fused-ring (bicyclic) bond motifs is 1. The van der Waals surface area contributed by atoms with Crippen LogP contribution in [0.2, 0.25) is 0 Å². The molecule has 0 spiro atoms. The van der Waals surface area contributed by atoms with Gasteiger partial charge in [-0.2, -0.15) is 0 Å². The molecule has 0 saturated carbocycles. The van der Waals surface area contributed by atoms with E-state index in [1.54, 1.807) is 12.3 Å². The molecule has 0 aliphatic heterocycles.